The quantitative estimate of drug-likeness (QED) is 0.816. The normalized spacial score (nSPS) is 29.6. The molecule has 28 heavy (non-hydrogen) atoms. The summed E-state index contributed by atoms with van der Waals surface area (Å²) in [6.07, 6.45) is -3.32. The van der Waals surface area contributed by atoms with Crippen molar-refractivity contribution in [2.24, 2.45) is 0 Å². The van der Waals surface area contributed by atoms with Crippen LogP contribution in [0.2, 0.25) is 5.02 Å². The Morgan fingerprint density at radius 1 is 1.11 bits per heavy atom. The van der Waals surface area contributed by atoms with Gasteiger partial charge in [0.2, 0.25) is 0 Å². The molecule has 0 bridgehead atoms. The van der Waals surface area contributed by atoms with Gasteiger partial charge in [0.05, 0.1) is 0 Å². The lowest BCUT2D eigenvalue weighted by molar-refractivity contribution is -0.226. The zero-order chi connectivity index (χ0) is 20.1. The van der Waals surface area contributed by atoms with Crippen LogP contribution in [0.1, 0.15) is 42.2 Å². The Bertz CT molecular complexity index is 851. The zero-order valence-corrected chi connectivity index (χ0v) is 16.9. The highest BCUT2D eigenvalue weighted by molar-refractivity contribution is 6.30. The van der Waals surface area contributed by atoms with Crippen molar-refractivity contribution in [3.8, 4) is 0 Å². The molecule has 5 nitrogen and oxygen atoms in total. The molecule has 6 heteroatoms. The lowest BCUT2D eigenvalue weighted by Gasteiger charge is -2.26. The van der Waals surface area contributed by atoms with Gasteiger partial charge in [-0.2, -0.15) is 0 Å². The molecule has 2 heterocycles. The van der Waals surface area contributed by atoms with E-state index in [1.54, 1.807) is 13.8 Å². The smallest absolute Gasteiger partial charge is 0.190 e. The fourth-order valence-corrected chi connectivity index (χ4v) is 3.98. The average Bonchev–Trinajstić information content (AvgIpc) is 3.11. The molecule has 0 aliphatic carbocycles. The number of hydrogen-bond donors (Lipinski definition) is 2. The van der Waals surface area contributed by atoms with Crippen LogP contribution < -0.4 is 0 Å². The minimum atomic E-state index is -0.986. The van der Waals surface area contributed by atoms with Crippen LogP contribution in [0.5, 0.6) is 0 Å². The topological polar surface area (TPSA) is 68.2 Å². The van der Waals surface area contributed by atoms with Crippen LogP contribution in [-0.4, -0.2) is 40.6 Å². The lowest BCUT2D eigenvalue weighted by Crippen LogP contribution is -2.37. The number of aryl methyl sites for hydroxylation is 1. The first-order valence-electron chi connectivity index (χ1n) is 9.44. The van der Waals surface area contributed by atoms with Gasteiger partial charge in [-0.1, -0.05) is 41.9 Å². The maximum absolute atomic E-state index is 10.9. The van der Waals surface area contributed by atoms with Gasteiger partial charge in [0.1, 0.15) is 24.4 Å². The summed E-state index contributed by atoms with van der Waals surface area (Å²) in [5.41, 5.74) is 4.05. The van der Waals surface area contributed by atoms with Crippen molar-refractivity contribution < 1.29 is 24.4 Å². The first-order valence-corrected chi connectivity index (χ1v) is 9.82. The van der Waals surface area contributed by atoms with Gasteiger partial charge in [-0.05, 0) is 61.6 Å². The fourth-order valence-electron chi connectivity index (χ4n) is 3.85. The Kier molecular flexibility index (Phi) is 5.25. The number of ether oxygens (including phenoxy) is 3. The van der Waals surface area contributed by atoms with Crippen molar-refractivity contribution in [1.82, 2.24) is 0 Å². The Hall–Kier alpha value is -1.47. The standard InChI is InChI=1S/C22H25ClO5/c1-12-4-7-14(11-15(12)10-13-5-8-16(23)9-6-13)17(24)19-18(25)20-21(26-19)28-22(2,3)27-20/h4-9,11,17-21,24-25H,10H2,1-3H3/t17?,18-,19+,20+,21+/m1/s1. The van der Waals surface area contributed by atoms with Crippen LogP contribution in [0.25, 0.3) is 0 Å². The van der Waals surface area contributed by atoms with Gasteiger partial charge in [0.15, 0.2) is 12.1 Å². The Balaban J connectivity index is 1.52. The SMILES string of the molecule is Cc1ccc(C(O)[C@@H]2O[C@H]3OC(C)(C)O[C@H]3[C@@H]2O)cc1Cc1ccc(Cl)cc1. The van der Waals surface area contributed by atoms with Crippen molar-refractivity contribution >= 4 is 11.6 Å². The van der Waals surface area contributed by atoms with E-state index in [0.29, 0.717) is 10.6 Å². The van der Waals surface area contributed by atoms with E-state index >= 15 is 0 Å². The van der Waals surface area contributed by atoms with E-state index in [1.807, 2.05) is 49.4 Å². The second-order valence-corrected chi connectivity index (χ2v) is 8.43. The summed E-state index contributed by atoms with van der Waals surface area (Å²) >= 11 is 5.97. The Labute approximate surface area is 169 Å². The molecule has 5 atom stereocenters. The van der Waals surface area contributed by atoms with Crippen molar-refractivity contribution in [3.63, 3.8) is 0 Å². The van der Waals surface area contributed by atoms with Gasteiger partial charge in [-0.15, -0.1) is 0 Å². The molecule has 2 aromatic rings. The third kappa shape index (κ3) is 3.83. The van der Waals surface area contributed by atoms with Gasteiger partial charge in [-0.25, -0.2) is 0 Å². The van der Waals surface area contributed by atoms with Crippen molar-refractivity contribution in [2.75, 3.05) is 0 Å². The zero-order valence-electron chi connectivity index (χ0n) is 16.1. The molecule has 2 N–H and O–H groups in total. The Morgan fingerprint density at radius 2 is 1.82 bits per heavy atom. The maximum Gasteiger partial charge on any atom is 0.190 e. The van der Waals surface area contributed by atoms with Crippen molar-refractivity contribution in [1.29, 1.82) is 0 Å². The number of aliphatic hydroxyl groups excluding tert-OH is 2. The van der Waals surface area contributed by atoms with Gasteiger partial charge >= 0.3 is 0 Å². The van der Waals surface area contributed by atoms with Crippen LogP contribution in [0.15, 0.2) is 42.5 Å². The molecular formula is C22H25ClO5. The molecule has 0 radical (unpaired) electrons. The van der Waals surface area contributed by atoms with Gasteiger partial charge in [0.25, 0.3) is 0 Å². The van der Waals surface area contributed by atoms with Crippen molar-refractivity contribution in [3.05, 3.63) is 69.7 Å². The predicted molar refractivity (Wildman–Crippen MR) is 105 cm³/mol. The monoisotopic (exact) mass is 404 g/mol. The molecular weight excluding hydrogens is 380 g/mol. The van der Waals surface area contributed by atoms with E-state index < -0.39 is 36.5 Å². The van der Waals surface area contributed by atoms with Gasteiger partial charge < -0.3 is 24.4 Å². The molecule has 2 fully saturated rings. The summed E-state index contributed by atoms with van der Waals surface area (Å²) in [6, 6.07) is 13.5. The third-order valence-corrected chi connectivity index (χ3v) is 5.64. The minimum absolute atomic E-state index is 0.603. The molecule has 2 saturated heterocycles. The third-order valence-electron chi connectivity index (χ3n) is 5.39. The van der Waals surface area contributed by atoms with Gasteiger partial charge in [-0.3, -0.25) is 0 Å². The summed E-state index contributed by atoms with van der Waals surface area (Å²) in [4.78, 5) is 0. The molecule has 2 aromatic carbocycles. The predicted octanol–water partition coefficient (Wildman–Crippen LogP) is 3.51. The average molecular weight is 405 g/mol. The number of hydrogen-bond acceptors (Lipinski definition) is 5. The highest BCUT2D eigenvalue weighted by atomic mass is 35.5. The van der Waals surface area contributed by atoms with Crippen molar-refractivity contribution in [2.45, 2.75) is 63.7 Å². The fraction of sp³-hybridized carbons (Fsp3) is 0.455. The molecule has 150 valence electrons. The second-order valence-electron chi connectivity index (χ2n) is 7.99. The van der Waals surface area contributed by atoms with Crippen LogP contribution in [0.3, 0.4) is 0 Å². The second kappa shape index (κ2) is 7.41. The molecule has 1 unspecified atom stereocenters. The van der Waals surface area contributed by atoms with Crippen LogP contribution in [-0.2, 0) is 20.6 Å². The molecule has 0 amide bonds. The number of fused-ring (bicyclic) bond motifs is 1. The first-order chi connectivity index (χ1) is 13.2. The highest BCUT2D eigenvalue weighted by Crippen LogP contribution is 2.41. The summed E-state index contributed by atoms with van der Waals surface area (Å²) in [5, 5.41) is 22.2. The van der Waals surface area contributed by atoms with E-state index in [2.05, 4.69) is 0 Å². The van der Waals surface area contributed by atoms with E-state index in [4.69, 9.17) is 25.8 Å². The van der Waals surface area contributed by atoms with Crippen LogP contribution in [0.4, 0.5) is 0 Å². The number of benzene rings is 2. The molecule has 2 aliphatic rings. The van der Waals surface area contributed by atoms with Crippen LogP contribution >= 0.6 is 11.6 Å². The summed E-state index contributed by atoms with van der Waals surface area (Å²) in [5.74, 6) is -0.804. The lowest BCUT2D eigenvalue weighted by atomic mass is 9.93. The van der Waals surface area contributed by atoms with Gasteiger partial charge in [0, 0.05) is 5.02 Å². The molecule has 4 rings (SSSR count). The number of rotatable bonds is 4. The molecule has 2 aliphatic heterocycles. The largest absolute Gasteiger partial charge is 0.387 e. The molecule has 0 spiro atoms. The molecule has 0 aromatic heterocycles. The first kappa shape index (κ1) is 19.8. The van der Waals surface area contributed by atoms with E-state index in [0.717, 1.165) is 23.1 Å². The highest BCUT2D eigenvalue weighted by Gasteiger charge is 2.56. The van der Waals surface area contributed by atoms with E-state index in [1.165, 1.54) is 0 Å². The Morgan fingerprint density at radius 3 is 2.50 bits per heavy atom. The molecule has 0 saturated carbocycles. The summed E-state index contributed by atoms with van der Waals surface area (Å²) in [6.45, 7) is 5.59. The van der Waals surface area contributed by atoms with E-state index in [-0.39, 0.29) is 0 Å². The summed E-state index contributed by atoms with van der Waals surface area (Å²) < 4.78 is 17.2. The van der Waals surface area contributed by atoms with E-state index in [9.17, 15) is 10.2 Å². The minimum Gasteiger partial charge on any atom is -0.387 e. The van der Waals surface area contributed by atoms with Crippen LogP contribution in [0, 0.1) is 6.92 Å². The number of halogens is 1. The maximum atomic E-state index is 10.9. The number of aliphatic hydroxyl groups is 2. The summed E-state index contributed by atoms with van der Waals surface area (Å²) in [7, 11) is 0.